The highest BCUT2D eigenvalue weighted by molar-refractivity contribution is 6.46. The number of aryl methyl sites for hydroxylation is 2. The van der Waals surface area contributed by atoms with Gasteiger partial charge in [0.25, 0.3) is 0 Å². The van der Waals surface area contributed by atoms with E-state index >= 15 is 0 Å². The highest BCUT2D eigenvalue weighted by Crippen LogP contribution is 2.41. The Labute approximate surface area is 178 Å². The van der Waals surface area contributed by atoms with E-state index in [0.29, 0.717) is 28.8 Å². The summed E-state index contributed by atoms with van der Waals surface area (Å²) in [5.41, 5.74) is 2.15. The SMILES string of the molecule is CCCCCn1cc(CCCC(=O)NCC)c2cc(OC(C)C)c(Cl)c(Cl)c21. The molecule has 1 aromatic carbocycles. The summed E-state index contributed by atoms with van der Waals surface area (Å²) in [7, 11) is 0. The van der Waals surface area contributed by atoms with Crippen LogP contribution in [0.1, 0.15) is 65.4 Å². The Morgan fingerprint density at radius 2 is 1.93 bits per heavy atom. The Balaban J connectivity index is 2.37. The first-order valence-corrected chi connectivity index (χ1v) is 11.1. The molecule has 0 aliphatic heterocycles. The summed E-state index contributed by atoms with van der Waals surface area (Å²) in [6.45, 7) is 9.64. The summed E-state index contributed by atoms with van der Waals surface area (Å²) < 4.78 is 8.09. The van der Waals surface area contributed by atoms with E-state index in [1.807, 2.05) is 26.8 Å². The number of carbonyl (C=O) groups is 1. The number of halogens is 2. The van der Waals surface area contributed by atoms with Crippen LogP contribution in [-0.4, -0.2) is 23.1 Å². The molecule has 0 saturated heterocycles. The number of benzene rings is 1. The number of aromatic nitrogens is 1. The highest BCUT2D eigenvalue weighted by atomic mass is 35.5. The molecule has 0 radical (unpaired) electrons. The molecule has 0 saturated carbocycles. The predicted molar refractivity (Wildman–Crippen MR) is 119 cm³/mol. The van der Waals surface area contributed by atoms with Gasteiger partial charge in [-0.05, 0) is 51.7 Å². The second kappa shape index (κ2) is 11.0. The summed E-state index contributed by atoms with van der Waals surface area (Å²) in [6.07, 6.45) is 7.74. The van der Waals surface area contributed by atoms with Crippen molar-refractivity contribution in [2.24, 2.45) is 0 Å². The maximum Gasteiger partial charge on any atom is 0.219 e. The van der Waals surface area contributed by atoms with Crippen LogP contribution in [0.25, 0.3) is 10.9 Å². The van der Waals surface area contributed by atoms with E-state index in [0.717, 1.165) is 36.7 Å². The molecule has 0 bridgehead atoms. The van der Waals surface area contributed by atoms with E-state index < -0.39 is 0 Å². The van der Waals surface area contributed by atoms with Crippen LogP contribution >= 0.6 is 23.2 Å². The van der Waals surface area contributed by atoms with Crippen molar-refractivity contribution in [1.82, 2.24) is 9.88 Å². The Hall–Kier alpha value is -1.39. The van der Waals surface area contributed by atoms with Crippen LogP contribution in [0, 0.1) is 0 Å². The zero-order chi connectivity index (χ0) is 20.7. The number of carbonyl (C=O) groups excluding carboxylic acids is 1. The van der Waals surface area contributed by atoms with Gasteiger partial charge in [0, 0.05) is 31.1 Å². The van der Waals surface area contributed by atoms with Crippen molar-refractivity contribution in [2.75, 3.05) is 6.54 Å². The molecule has 0 fully saturated rings. The summed E-state index contributed by atoms with van der Waals surface area (Å²) in [6, 6.07) is 2.00. The molecule has 0 atom stereocenters. The van der Waals surface area contributed by atoms with Gasteiger partial charge >= 0.3 is 0 Å². The minimum absolute atomic E-state index is 0.0128. The van der Waals surface area contributed by atoms with Gasteiger partial charge in [-0.1, -0.05) is 43.0 Å². The van der Waals surface area contributed by atoms with E-state index in [1.165, 1.54) is 18.4 Å². The second-order valence-corrected chi connectivity index (χ2v) is 8.18. The third-order valence-corrected chi connectivity index (χ3v) is 5.52. The smallest absolute Gasteiger partial charge is 0.219 e. The summed E-state index contributed by atoms with van der Waals surface area (Å²) >= 11 is 13.2. The van der Waals surface area contributed by atoms with Crippen molar-refractivity contribution in [1.29, 1.82) is 0 Å². The monoisotopic (exact) mass is 426 g/mol. The number of ether oxygens (including phenoxy) is 1. The molecule has 1 amide bonds. The molecule has 1 N–H and O–H groups in total. The normalized spacial score (nSPS) is 11.4. The lowest BCUT2D eigenvalue weighted by Crippen LogP contribution is -2.22. The molecular formula is C22H32Cl2N2O2. The third-order valence-electron chi connectivity index (χ3n) is 4.68. The molecule has 0 unspecified atom stereocenters. The van der Waals surface area contributed by atoms with Crippen LogP contribution in [0.3, 0.4) is 0 Å². The van der Waals surface area contributed by atoms with E-state index in [4.69, 9.17) is 27.9 Å². The quantitative estimate of drug-likeness (QED) is 0.423. The largest absolute Gasteiger partial charge is 0.489 e. The fourth-order valence-corrected chi connectivity index (χ4v) is 3.91. The van der Waals surface area contributed by atoms with E-state index in [1.54, 1.807) is 0 Å². The van der Waals surface area contributed by atoms with Crippen LogP contribution in [0.15, 0.2) is 12.3 Å². The van der Waals surface area contributed by atoms with Crippen LogP contribution in [0.5, 0.6) is 5.75 Å². The predicted octanol–water partition coefficient (Wildman–Crippen LogP) is 6.38. The van der Waals surface area contributed by atoms with Gasteiger partial charge in [0.15, 0.2) is 0 Å². The Morgan fingerprint density at radius 3 is 2.57 bits per heavy atom. The number of unbranched alkanes of at least 4 members (excludes halogenated alkanes) is 2. The molecule has 1 heterocycles. The first kappa shape index (κ1) is 22.9. The van der Waals surface area contributed by atoms with Crippen LogP contribution < -0.4 is 10.1 Å². The number of nitrogens with zero attached hydrogens (tertiary/aromatic N) is 1. The third kappa shape index (κ3) is 5.81. The van der Waals surface area contributed by atoms with Crippen molar-refractivity contribution >= 4 is 40.0 Å². The Bertz CT molecular complexity index is 800. The van der Waals surface area contributed by atoms with Crippen LogP contribution in [-0.2, 0) is 17.8 Å². The van der Waals surface area contributed by atoms with Crippen LogP contribution in [0.4, 0.5) is 0 Å². The van der Waals surface area contributed by atoms with Gasteiger partial charge in [0.1, 0.15) is 10.8 Å². The van der Waals surface area contributed by atoms with E-state index in [2.05, 4.69) is 23.0 Å². The van der Waals surface area contributed by atoms with Crippen molar-refractivity contribution in [2.45, 2.75) is 78.9 Å². The number of fused-ring (bicyclic) bond motifs is 1. The highest BCUT2D eigenvalue weighted by Gasteiger charge is 2.19. The minimum Gasteiger partial charge on any atom is -0.489 e. The van der Waals surface area contributed by atoms with E-state index in [9.17, 15) is 4.79 Å². The molecule has 4 nitrogen and oxygen atoms in total. The van der Waals surface area contributed by atoms with Gasteiger partial charge < -0.3 is 14.6 Å². The van der Waals surface area contributed by atoms with Gasteiger partial charge in [-0.3, -0.25) is 4.79 Å². The Morgan fingerprint density at radius 1 is 1.18 bits per heavy atom. The zero-order valence-electron chi connectivity index (χ0n) is 17.4. The van der Waals surface area contributed by atoms with Gasteiger partial charge in [-0.25, -0.2) is 0 Å². The van der Waals surface area contributed by atoms with Crippen molar-refractivity contribution < 1.29 is 9.53 Å². The lowest BCUT2D eigenvalue weighted by molar-refractivity contribution is -0.121. The fourth-order valence-electron chi connectivity index (χ4n) is 3.41. The molecule has 0 aliphatic carbocycles. The molecule has 2 rings (SSSR count). The number of rotatable bonds is 11. The van der Waals surface area contributed by atoms with Gasteiger partial charge in [-0.2, -0.15) is 0 Å². The Kier molecular flexibility index (Phi) is 8.97. The van der Waals surface area contributed by atoms with Crippen LogP contribution in [0.2, 0.25) is 10.0 Å². The molecule has 0 aliphatic rings. The number of amides is 1. The fraction of sp³-hybridized carbons (Fsp3) is 0.591. The first-order chi connectivity index (χ1) is 13.4. The second-order valence-electron chi connectivity index (χ2n) is 7.43. The van der Waals surface area contributed by atoms with Crippen molar-refractivity contribution in [3.8, 4) is 5.75 Å². The maximum atomic E-state index is 11.8. The summed E-state index contributed by atoms with van der Waals surface area (Å²) in [5.74, 6) is 0.713. The lowest BCUT2D eigenvalue weighted by Gasteiger charge is -2.14. The average molecular weight is 427 g/mol. The minimum atomic E-state index is 0.0128. The summed E-state index contributed by atoms with van der Waals surface area (Å²) in [5, 5.41) is 4.93. The molecule has 1 aromatic heterocycles. The standard InChI is InChI=1S/C22H32Cl2N2O2/c1-5-7-8-12-26-14-16(10-9-11-19(27)25-6-2)17-13-18(28-15(3)4)20(23)21(24)22(17)26/h13-15H,5-12H2,1-4H3,(H,25,27). The van der Waals surface area contributed by atoms with E-state index in [-0.39, 0.29) is 12.0 Å². The molecule has 6 heteroatoms. The first-order valence-electron chi connectivity index (χ1n) is 10.3. The van der Waals surface area contributed by atoms with Gasteiger partial charge in [0.05, 0.1) is 16.6 Å². The molecule has 0 spiro atoms. The van der Waals surface area contributed by atoms with Crippen molar-refractivity contribution in [3.05, 3.63) is 27.9 Å². The zero-order valence-corrected chi connectivity index (χ0v) is 18.9. The van der Waals surface area contributed by atoms with Gasteiger partial charge in [-0.15, -0.1) is 0 Å². The summed E-state index contributed by atoms with van der Waals surface area (Å²) in [4.78, 5) is 11.8. The molecule has 2 aromatic rings. The van der Waals surface area contributed by atoms with Gasteiger partial charge in [0.2, 0.25) is 5.91 Å². The number of hydrogen-bond acceptors (Lipinski definition) is 2. The molecular weight excluding hydrogens is 395 g/mol. The average Bonchev–Trinajstić information content (AvgIpc) is 2.97. The lowest BCUT2D eigenvalue weighted by atomic mass is 10.1. The topological polar surface area (TPSA) is 43.3 Å². The maximum absolute atomic E-state index is 11.8. The molecule has 28 heavy (non-hydrogen) atoms. The number of hydrogen-bond donors (Lipinski definition) is 1. The molecule has 156 valence electrons. The number of nitrogens with one attached hydrogen (secondary N) is 1. The van der Waals surface area contributed by atoms with Crippen molar-refractivity contribution in [3.63, 3.8) is 0 Å².